The molecule has 0 saturated heterocycles. The molecule has 25 heavy (non-hydrogen) atoms. The van der Waals surface area contributed by atoms with Crippen LogP contribution in [0.3, 0.4) is 0 Å². The summed E-state index contributed by atoms with van der Waals surface area (Å²) in [7, 11) is 0. The van der Waals surface area contributed by atoms with Crippen molar-refractivity contribution in [1.29, 1.82) is 0 Å². The van der Waals surface area contributed by atoms with E-state index in [9.17, 15) is 9.59 Å². The number of rotatable bonds is 10. The zero-order valence-electron chi connectivity index (χ0n) is 16.8. The highest BCUT2D eigenvalue weighted by Crippen LogP contribution is 2.31. The first-order valence-corrected chi connectivity index (χ1v) is 10.1. The van der Waals surface area contributed by atoms with Crippen LogP contribution in [0, 0.1) is 23.7 Å². The molecule has 0 aromatic rings. The van der Waals surface area contributed by atoms with Gasteiger partial charge in [0.15, 0.2) is 5.78 Å². The number of hydrogen-bond donors (Lipinski definition) is 3. The van der Waals surface area contributed by atoms with E-state index in [0.29, 0.717) is 11.8 Å². The smallest absolute Gasteiger partial charge is 0.237 e. The topological polar surface area (TPSA) is 84.2 Å². The monoisotopic (exact) mass is 353 g/mol. The Morgan fingerprint density at radius 3 is 2.04 bits per heavy atom. The van der Waals surface area contributed by atoms with Crippen LogP contribution in [0.5, 0.6) is 0 Å². The van der Waals surface area contributed by atoms with Crippen LogP contribution >= 0.6 is 0 Å². The lowest BCUT2D eigenvalue weighted by Gasteiger charge is -2.32. The Morgan fingerprint density at radius 2 is 1.60 bits per heavy atom. The van der Waals surface area contributed by atoms with E-state index < -0.39 is 0 Å². The van der Waals surface area contributed by atoms with E-state index in [0.717, 1.165) is 45.2 Å². The second-order valence-electron chi connectivity index (χ2n) is 8.26. The summed E-state index contributed by atoms with van der Waals surface area (Å²) in [4.78, 5) is 25.4. The normalized spacial score (nSPS) is 23.5. The van der Waals surface area contributed by atoms with E-state index in [1.807, 2.05) is 34.6 Å². The van der Waals surface area contributed by atoms with Gasteiger partial charge >= 0.3 is 0 Å². The maximum Gasteiger partial charge on any atom is 0.237 e. The molecule has 0 aliphatic heterocycles. The van der Waals surface area contributed by atoms with Gasteiger partial charge in [-0.25, -0.2) is 0 Å². The van der Waals surface area contributed by atoms with Crippen molar-refractivity contribution in [1.82, 2.24) is 10.6 Å². The second-order valence-corrected chi connectivity index (χ2v) is 8.26. The van der Waals surface area contributed by atoms with Gasteiger partial charge in [-0.3, -0.25) is 9.59 Å². The maximum atomic E-state index is 12.7. The molecule has 0 bridgehead atoms. The predicted octanol–water partition coefficient (Wildman–Crippen LogP) is 2.49. The highest BCUT2D eigenvalue weighted by atomic mass is 16.2. The highest BCUT2D eigenvalue weighted by molar-refractivity contribution is 5.91. The Morgan fingerprint density at radius 1 is 1.04 bits per heavy atom. The molecule has 0 spiro atoms. The molecule has 1 amide bonds. The molecule has 5 nitrogen and oxygen atoms in total. The molecule has 1 aliphatic rings. The van der Waals surface area contributed by atoms with Gasteiger partial charge in [0.25, 0.3) is 0 Å². The van der Waals surface area contributed by atoms with E-state index in [2.05, 4.69) is 10.6 Å². The molecule has 146 valence electrons. The molecule has 0 unspecified atom stereocenters. The van der Waals surface area contributed by atoms with Crippen LogP contribution in [-0.4, -0.2) is 36.9 Å². The highest BCUT2D eigenvalue weighted by Gasteiger charge is 2.31. The molecular weight excluding hydrogens is 314 g/mol. The SMILES string of the molecule is CCN[C@H](C(=O)N[C@@H](CC1CCC(CN)CC1)C(=O)C(C)C)C(C)C. The third-order valence-corrected chi connectivity index (χ3v) is 5.47. The lowest BCUT2D eigenvalue weighted by Crippen LogP contribution is -2.53. The maximum absolute atomic E-state index is 12.7. The first kappa shape index (κ1) is 22.1. The van der Waals surface area contributed by atoms with Crippen LogP contribution < -0.4 is 16.4 Å². The van der Waals surface area contributed by atoms with Crippen LogP contribution in [0.15, 0.2) is 0 Å². The van der Waals surface area contributed by atoms with Gasteiger partial charge in [-0.05, 0) is 50.1 Å². The van der Waals surface area contributed by atoms with Crippen molar-refractivity contribution in [3.8, 4) is 0 Å². The van der Waals surface area contributed by atoms with Crippen molar-refractivity contribution in [2.24, 2.45) is 29.4 Å². The van der Waals surface area contributed by atoms with Gasteiger partial charge in [-0.2, -0.15) is 0 Å². The summed E-state index contributed by atoms with van der Waals surface area (Å²) in [5.74, 6) is 1.36. The molecule has 2 atom stereocenters. The predicted molar refractivity (Wildman–Crippen MR) is 103 cm³/mol. The molecule has 1 aliphatic carbocycles. The van der Waals surface area contributed by atoms with Crippen molar-refractivity contribution in [2.45, 2.75) is 78.8 Å². The molecule has 0 radical (unpaired) electrons. The third kappa shape index (κ3) is 7.06. The van der Waals surface area contributed by atoms with E-state index in [1.54, 1.807) is 0 Å². The zero-order valence-corrected chi connectivity index (χ0v) is 16.8. The van der Waals surface area contributed by atoms with Crippen molar-refractivity contribution in [3.05, 3.63) is 0 Å². The van der Waals surface area contributed by atoms with E-state index in [-0.39, 0.29) is 35.6 Å². The van der Waals surface area contributed by atoms with Crippen LogP contribution in [-0.2, 0) is 9.59 Å². The van der Waals surface area contributed by atoms with Gasteiger partial charge in [0, 0.05) is 5.92 Å². The Balaban J connectivity index is 2.73. The number of nitrogens with two attached hydrogens (primary N) is 1. The minimum atomic E-state index is -0.369. The summed E-state index contributed by atoms with van der Waals surface area (Å²) in [6.45, 7) is 11.4. The lowest BCUT2D eigenvalue weighted by molar-refractivity contribution is -0.131. The van der Waals surface area contributed by atoms with Crippen molar-refractivity contribution < 1.29 is 9.59 Å². The minimum absolute atomic E-state index is 0.0495. The number of Topliss-reactive ketones (excluding diaryl/α,β-unsaturated/α-hetero) is 1. The second kappa shape index (κ2) is 10.9. The minimum Gasteiger partial charge on any atom is -0.345 e. The molecule has 4 N–H and O–H groups in total. The summed E-state index contributed by atoms with van der Waals surface area (Å²) >= 11 is 0. The summed E-state index contributed by atoms with van der Waals surface area (Å²) in [5.41, 5.74) is 5.78. The third-order valence-electron chi connectivity index (χ3n) is 5.47. The van der Waals surface area contributed by atoms with Crippen LogP contribution in [0.1, 0.15) is 66.7 Å². The lowest BCUT2D eigenvalue weighted by atomic mass is 9.78. The fraction of sp³-hybridized carbons (Fsp3) is 0.900. The summed E-state index contributed by atoms with van der Waals surface area (Å²) < 4.78 is 0. The van der Waals surface area contributed by atoms with E-state index >= 15 is 0 Å². The van der Waals surface area contributed by atoms with Gasteiger partial charge in [-0.15, -0.1) is 0 Å². The fourth-order valence-corrected chi connectivity index (χ4v) is 3.80. The molecule has 5 heteroatoms. The number of carbonyl (C=O) groups is 2. The molecule has 0 aromatic heterocycles. The zero-order chi connectivity index (χ0) is 19.0. The number of nitrogens with one attached hydrogen (secondary N) is 2. The molecule has 1 rings (SSSR count). The van der Waals surface area contributed by atoms with Crippen LogP contribution in [0.4, 0.5) is 0 Å². The first-order chi connectivity index (χ1) is 11.8. The van der Waals surface area contributed by atoms with Gasteiger partial charge in [0.2, 0.25) is 5.91 Å². The van der Waals surface area contributed by atoms with Gasteiger partial charge in [-0.1, -0.05) is 47.5 Å². The Kier molecular flexibility index (Phi) is 9.65. The summed E-state index contributed by atoms with van der Waals surface area (Å²) in [6.07, 6.45) is 5.27. The Bertz CT molecular complexity index is 415. The Hall–Kier alpha value is -0.940. The average Bonchev–Trinajstić information content (AvgIpc) is 2.58. The van der Waals surface area contributed by atoms with Gasteiger partial charge < -0.3 is 16.4 Å². The molecule has 0 aromatic carbocycles. The average molecular weight is 354 g/mol. The first-order valence-electron chi connectivity index (χ1n) is 10.1. The fourth-order valence-electron chi connectivity index (χ4n) is 3.80. The number of ketones is 1. The standard InChI is InChI=1S/C20H39N3O2/c1-6-22-18(13(2)3)20(25)23-17(19(24)14(4)5)11-15-7-9-16(12-21)10-8-15/h13-18,22H,6-12,21H2,1-5H3,(H,23,25)/t15?,16?,17-,18-/m0/s1. The van der Waals surface area contributed by atoms with Crippen molar-refractivity contribution in [2.75, 3.05) is 13.1 Å². The number of likely N-dealkylation sites (N-methyl/N-ethyl adjacent to an activating group) is 1. The van der Waals surface area contributed by atoms with Gasteiger partial charge in [0.05, 0.1) is 12.1 Å². The number of amides is 1. The number of carbonyl (C=O) groups excluding carboxylic acids is 2. The Labute approximate surface area is 153 Å². The van der Waals surface area contributed by atoms with Crippen LogP contribution in [0.25, 0.3) is 0 Å². The van der Waals surface area contributed by atoms with Crippen molar-refractivity contribution >= 4 is 11.7 Å². The molecule has 1 saturated carbocycles. The van der Waals surface area contributed by atoms with E-state index in [1.165, 1.54) is 0 Å². The van der Waals surface area contributed by atoms with Crippen LogP contribution in [0.2, 0.25) is 0 Å². The van der Waals surface area contributed by atoms with E-state index in [4.69, 9.17) is 5.73 Å². The number of hydrogen-bond acceptors (Lipinski definition) is 4. The van der Waals surface area contributed by atoms with Gasteiger partial charge in [0.1, 0.15) is 0 Å². The molecular formula is C20H39N3O2. The largest absolute Gasteiger partial charge is 0.345 e. The summed E-state index contributed by atoms with van der Waals surface area (Å²) in [5, 5.41) is 6.30. The molecule has 1 fully saturated rings. The van der Waals surface area contributed by atoms with Crippen molar-refractivity contribution in [3.63, 3.8) is 0 Å². The quantitative estimate of drug-likeness (QED) is 0.563. The summed E-state index contributed by atoms with van der Waals surface area (Å²) in [6, 6.07) is -0.618. The molecule has 0 heterocycles.